The first-order chi connectivity index (χ1) is 4.35. The molecule has 0 N–H and O–H groups in total. The lowest BCUT2D eigenvalue weighted by Gasteiger charge is -1.79. The van der Waals surface area contributed by atoms with Crippen LogP contribution in [0.3, 0.4) is 0 Å². The fourth-order valence-electron chi connectivity index (χ4n) is 0.331. The minimum absolute atomic E-state index is 0.355. The van der Waals surface area contributed by atoms with Gasteiger partial charge in [0.15, 0.2) is 0 Å². The zero-order valence-electron chi connectivity index (χ0n) is 5.37. The molecule has 0 amide bonds. The van der Waals surface area contributed by atoms with Crippen LogP contribution in [-0.2, 0) is 0 Å². The largest absolute Gasteiger partial charge is 0.145 e. The molecule has 0 aromatic rings. The molecule has 0 saturated heterocycles. The Labute approximate surface area is 54.6 Å². The molecule has 0 bridgehead atoms. The summed E-state index contributed by atoms with van der Waals surface area (Å²) in [5.74, 6) is 0. The van der Waals surface area contributed by atoms with E-state index in [1.807, 2.05) is 13.0 Å². The Morgan fingerprint density at radius 3 is 2.67 bits per heavy atom. The molecule has 0 saturated carbocycles. The molecule has 0 rings (SSSR count). The summed E-state index contributed by atoms with van der Waals surface area (Å²) in [7, 11) is 0. The molecule has 0 aromatic heterocycles. The fourth-order valence-corrected chi connectivity index (χ4v) is 0.331. The molecular weight excluding hydrogens is 114 g/mol. The monoisotopic (exact) mass is 123 g/mol. The van der Waals surface area contributed by atoms with Crippen molar-refractivity contribution in [3.05, 3.63) is 41.5 Å². The van der Waals surface area contributed by atoms with Gasteiger partial charge >= 0.3 is 0 Å². The van der Waals surface area contributed by atoms with Gasteiger partial charge in [-0.2, -0.15) is 0 Å². The Morgan fingerprint density at radius 1 is 1.67 bits per heavy atom. The zero-order valence-corrected chi connectivity index (χ0v) is 5.37. The Balaban J connectivity index is 4.06. The van der Waals surface area contributed by atoms with E-state index in [0.717, 1.165) is 0 Å². The number of hydrogen-bond donors (Lipinski definition) is 0. The summed E-state index contributed by atoms with van der Waals surface area (Å²) in [5, 5.41) is 2.69. The van der Waals surface area contributed by atoms with Crippen LogP contribution in [0.4, 0.5) is 0 Å². The van der Waals surface area contributed by atoms with Crippen molar-refractivity contribution < 1.29 is 0 Å². The SMILES string of the molecule is C=C/C(=C\C=C\C)N=O. The normalized spacial score (nSPS) is 11.9. The first-order valence-corrected chi connectivity index (χ1v) is 2.64. The molecule has 0 radical (unpaired) electrons. The van der Waals surface area contributed by atoms with Crippen molar-refractivity contribution in [1.82, 2.24) is 0 Å². The van der Waals surface area contributed by atoms with Crippen LogP contribution in [0.2, 0.25) is 0 Å². The Morgan fingerprint density at radius 2 is 2.33 bits per heavy atom. The average molecular weight is 123 g/mol. The van der Waals surface area contributed by atoms with E-state index < -0.39 is 0 Å². The van der Waals surface area contributed by atoms with Crippen LogP contribution in [0, 0.1) is 4.91 Å². The molecule has 0 heterocycles. The van der Waals surface area contributed by atoms with E-state index in [9.17, 15) is 4.91 Å². The van der Waals surface area contributed by atoms with Gasteiger partial charge in [-0.05, 0) is 24.3 Å². The molecule has 2 nitrogen and oxygen atoms in total. The van der Waals surface area contributed by atoms with Crippen LogP contribution in [0.1, 0.15) is 6.92 Å². The molecule has 2 heteroatoms. The smallest absolute Gasteiger partial charge is 0.107 e. The highest BCUT2D eigenvalue weighted by Crippen LogP contribution is 1.95. The van der Waals surface area contributed by atoms with E-state index in [-0.39, 0.29) is 0 Å². The van der Waals surface area contributed by atoms with Crippen LogP contribution in [0.15, 0.2) is 41.8 Å². The summed E-state index contributed by atoms with van der Waals surface area (Å²) < 4.78 is 0. The molecular formula is C7H9NO. The quantitative estimate of drug-likeness (QED) is 0.418. The standard InChI is InChI=1S/C7H9NO/c1-3-5-6-7(4-2)8-9/h3-6H,2H2,1H3/b5-3+,7-6+. The van der Waals surface area contributed by atoms with Gasteiger partial charge in [-0.25, -0.2) is 0 Å². The molecule has 0 fully saturated rings. The summed E-state index contributed by atoms with van der Waals surface area (Å²) in [6.07, 6.45) is 6.56. The van der Waals surface area contributed by atoms with Gasteiger partial charge in [-0.1, -0.05) is 18.7 Å². The maximum Gasteiger partial charge on any atom is 0.107 e. The number of allylic oxidation sites excluding steroid dienone is 4. The summed E-state index contributed by atoms with van der Waals surface area (Å²) in [4.78, 5) is 9.82. The van der Waals surface area contributed by atoms with Crippen molar-refractivity contribution in [1.29, 1.82) is 0 Å². The highest BCUT2D eigenvalue weighted by molar-refractivity contribution is 5.19. The fraction of sp³-hybridized carbons (Fsp3) is 0.143. The first kappa shape index (κ1) is 7.82. The first-order valence-electron chi connectivity index (χ1n) is 2.64. The lowest BCUT2D eigenvalue weighted by molar-refractivity contribution is 1.39. The molecule has 0 aliphatic carbocycles. The van der Waals surface area contributed by atoms with Gasteiger partial charge in [0.05, 0.1) is 0 Å². The lowest BCUT2D eigenvalue weighted by atomic mass is 10.4. The predicted octanol–water partition coefficient (Wildman–Crippen LogP) is 2.40. The van der Waals surface area contributed by atoms with Gasteiger partial charge in [0.2, 0.25) is 0 Å². The Bertz CT molecular complexity index is 146. The number of hydrogen-bond acceptors (Lipinski definition) is 2. The van der Waals surface area contributed by atoms with E-state index in [1.165, 1.54) is 6.08 Å². The summed E-state index contributed by atoms with van der Waals surface area (Å²) in [6, 6.07) is 0. The summed E-state index contributed by atoms with van der Waals surface area (Å²) in [5.41, 5.74) is 0.355. The molecule has 0 unspecified atom stereocenters. The van der Waals surface area contributed by atoms with Gasteiger partial charge in [-0.3, -0.25) is 0 Å². The second-order valence-electron chi connectivity index (χ2n) is 1.41. The third kappa shape index (κ3) is 3.41. The van der Waals surface area contributed by atoms with Crippen molar-refractivity contribution in [3.63, 3.8) is 0 Å². The zero-order chi connectivity index (χ0) is 7.11. The number of rotatable bonds is 3. The second-order valence-corrected chi connectivity index (χ2v) is 1.41. The van der Waals surface area contributed by atoms with Crippen LogP contribution >= 0.6 is 0 Å². The van der Waals surface area contributed by atoms with E-state index >= 15 is 0 Å². The van der Waals surface area contributed by atoms with Crippen LogP contribution in [0.25, 0.3) is 0 Å². The van der Waals surface area contributed by atoms with Crippen molar-refractivity contribution >= 4 is 0 Å². The van der Waals surface area contributed by atoms with Gasteiger partial charge < -0.3 is 0 Å². The van der Waals surface area contributed by atoms with Crippen molar-refractivity contribution in [3.8, 4) is 0 Å². The molecule has 0 aliphatic rings. The molecule has 0 spiro atoms. The predicted molar refractivity (Wildman–Crippen MR) is 38.9 cm³/mol. The van der Waals surface area contributed by atoms with E-state index in [4.69, 9.17) is 0 Å². The van der Waals surface area contributed by atoms with Crippen LogP contribution in [0.5, 0.6) is 0 Å². The Hall–Kier alpha value is -1.18. The van der Waals surface area contributed by atoms with Crippen LogP contribution < -0.4 is 0 Å². The molecule has 0 aliphatic heterocycles. The summed E-state index contributed by atoms with van der Waals surface area (Å²) in [6.45, 7) is 5.25. The van der Waals surface area contributed by atoms with Crippen molar-refractivity contribution in [2.24, 2.45) is 5.18 Å². The molecule has 0 atom stereocenters. The highest BCUT2D eigenvalue weighted by Gasteiger charge is 1.81. The lowest BCUT2D eigenvalue weighted by Crippen LogP contribution is -1.63. The second kappa shape index (κ2) is 4.97. The molecule has 0 aromatic carbocycles. The highest BCUT2D eigenvalue weighted by atomic mass is 16.3. The minimum atomic E-state index is 0.355. The molecule has 9 heavy (non-hydrogen) atoms. The van der Waals surface area contributed by atoms with E-state index in [2.05, 4.69) is 11.8 Å². The van der Waals surface area contributed by atoms with E-state index in [0.29, 0.717) is 5.70 Å². The van der Waals surface area contributed by atoms with Gasteiger partial charge in [0.25, 0.3) is 0 Å². The van der Waals surface area contributed by atoms with Crippen molar-refractivity contribution in [2.45, 2.75) is 6.92 Å². The maximum absolute atomic E-state index is 9.82. The van der Waals surface area contributed by atoms with Crippen LogP contribution in [-0.4, -0.2) is 0 Å². The third-order valence-corrected chi connectivity index (χ3v) is 0.774. The molecule has 48 valence electrons. The van der Waals surface area contributed by atoms with Gasteiger partial charge in [0, 0.05) is 0 Å². The Kier molecular flexibility index (Phi) is 4.32. The van der Waals surface area contributed by atoms with E-state index in [1.54, 1.807) is 12.2 Å². The minimum Gasteiger partial charge on any atom is -0.145 e. The van der Waals surface area contributed by atoms with Gasteiger partial charge in [0.1, 0.15) is 5.70 Å². The van der Waals surface area contributed by atoms with Gasteiger partial charge in [-0.15, -0.1) is 4.91 Å². The maximum atomic E-state index is 9.82. The third-order valence-electron chi connectivity index (χ3n) is 0.774. The number of nitrogens with zero attached hydrogens (tertiary/aromatic N) is 1. The topological polar surface area (TPSA) is 29.4 Å². The van der Waals surface area contributed by atoms with Crippen molar-refractivity contribution in [2.75, 3.05) is 0 Å². The average Bonchev–Trinajstić information content (AvgIpc) is 1.91. The summed E-state index contributed by atoms with van der Waals surface area (Å²) >= 11 is 0. The number of nitroso groups, excluding NO2 is 1.